The third-order valence-corrected chi connectivity index (χ3v) is 7.35. The summed E-state index contributed by atoms with van der Waals surface area (Å²) >= 11 is 0. The van der Waals surface area contributed by atoms with Crippen LogP contribution in [0.5, 0.6) is 0 Å². The van der Waals surface area contributed by atoms with E-state index in [4.69, 9.17) is 0 Å². The summed E-state index contributed by atoms with van der Waals surface area (Å²) in [6.07, 6.45) is 4.64. The maximum absolute atomic E-state index is 13.4. The summed E-state index contributed by atoms with van der Waals surface area (Å²) in [4.78, 5) is 29.2. The number of hydrogen-bond acceptors (Lipinski definition) is 4. The summed E-state index contributed by atoms with van der Waals surface area (Å²) in [6, 6.07) is 9.07. The van der Waals surface area contributed by atoms with E-state index in [9.17, 15) is 9.59 Å². The van der Waals surface area contributed by atoms with Crippen LogP contribution < -0.4 is 10.9 Å². The number of carbonyl (C=O) groups is 1. The van der Waals surface area contributed by atoms with Gasteiger partial charge in [-0.2, -0.15) is 9.78 Å². The molecule has 0 radical (unpaired) electrons. The molecule has 3 aromatic rings. The van der Waals surface area contributed by atoms with Crippen molar-refractivity contribution in [1.82, 2.24) is 24.6 Å². The Morgan fingerprint density at radius 3 is 2.46 bits per heavy atom. The number of carbonyl (C=O) groups excluding carboxylic acids is 1. The number of hydrogen-bond donors (Lipinski definition) is 1. The molecule has 35 heavy (non-hydrogen) atoms. The van der Waals surface area contributed by atoms with Gasteiger partial charge in [0.1, 0.15) is 6.04 Å². The van der Waals surface area contributed by atoms with Crippen molar-refractivity contribution in [3.8, 4) is 5.69 Å². The third kappa shape index (κ3) is 5.20. The van der Waals surface area contributed by atoms with Crippen molar-refractivity contribution in [2.75, 3.05) is 26.2 Å². The highest BCUT2D eigenvalue weighted by Crippen LogP contribution is 2.28. The first-order chi connectivity index (χ1) is 16.8. The first-order valence-electron chi connectivity index (χ1n) is 13.0. The molecule has 188 valence electrons. The Morgan fingerprint density at radius 1 is 1.11 bits per heavy atom. The number of para-hydroxylation sites is 1. The van der Waals surface area contributed by atoms with Crippen LogP contribution in [0.2, 0.25) is 0 Å². The van der Waals surface area contributed by atoms with Crippen LogP contribution in [0.4, 0.5) is 0 Å². The number of piperidine rings is 1. The van der Waals surface area contributed by atoms with E-state index in [0.29, 0.717) is 18.4 Å². The van der Waals surface area contributed by atoms with Gasteiger partial charge in [-0.1, -0.05) is 39.0 Å². The lowest BCUT2D eigenvalue weighted by atomic mass is 9.92. The molecule has 3 heterocycles. The molecule has 0 saturated carbocycles. The highest BCUT2D eigenvalue weighted by Gasteiger charge is 2.26. The van der Waals surface area contributed by atoms with E-state index >= 15 is 0 Å². The summed E-state index contributed by atoms with van der Waals surface area (Å²) in [7, 11) is 0. The molecule has 1 aliphatic heterocycles. The lowest BCUT2D eigenvalue weighted by Gasteiger charge is -2.35. The number of benzene rings is 1. The molecule has 1 aromatic carbocycles. The molecule has 4 rings (SSSR count). The van der Waals surface area contributed by atoms with Gasteiger partial charge in [0.15, 0.2) is 0 Å². The van der Waals surface area contributed by atoms with Gasteiger partial charge in [-0.3, -0.25) is 9.59 Å². The van der Waals surface area contributed by atoms with Crippen molar-refractivity contribution in [2.24, 2.45) is 11.8 Å². The first kappa shape index (κ1) is 25.2. The SMILES string of the molecule is CC[C@H](C(=O)NCCCN1C[C@H](C)C[C@@H](C)C1)n1c(C)c2cnn(-c3ccccc3)c(=O)c2c1C. The van der Waals surface area contributed by atoms with Crippen LogP contribution in [0, 0.1) is 25.7 Å². The average Bonchev–Trinajstić information content (AvgIpc) is 3.08. The summed E-state index contributed by atoms with van der Waals surface area (Å²) in [6.45, 7) is 14.6. The molecule has 7 nitrogen and oxygen atoms in total. The minimum absolute atomic E-state index is 0.00994. The average molecular weight is 478 g/mol. The fraction of sp³-hybridized carbons (Fsp3) is 0.536. The van der Waals surface area contributed by atoms with Gasteiger partial charge in [0.25, 0.3) is 5.56 Å². The maximum Gasteiger partial charge on any atom is 0.281 e. The normalized spacial score (nSPS) is 19.7. The van der Waals surface area contributed by atoms with E-state index < -0.39 is 0 Å². The van der Waals surface area contributed by atoms with E-state index in [0.717, 1.165) is 60.4 Å². The van der Waals surface area contributed by atoms with Gasteiger partial charge in [0, 0.05) is 36.4 Å². The van der Waals surface area contributed by atoms with E-state index in [-0.39, 0.29) is 17.5 Å². The molecule has 0 unspecified atom stereocenters. The Balaban J connectivity index is 1.50. The Kier molecular flexibility index (Phi) is 7.75. The van der Waals surface area contributed by atoms with Gasteiger partial charge in [-0.25, -0.2) is 0 Å². The molecular weight excluding hydrogens is 438 g/mol. The molecule has 1 fully saturated rings. The quantitative estimate of drug-likeness (QED) is 0.493. The molecular formula is C28H39N5O2. The molecule has 3 atom stereocenters. The zero-order chi connectivity index (χ0) is 25.1. The highest BCUT2D eigenvalue weighted by molar-refractivity contribution is 5.89. The van der Waals surface area contributed by atoms with Crippen LogP contribution in [-0.4, -0.2) is 51.3 Å². The van der Waals surface area contributed by atoms with Crippen LogP contribution in [0.25, 0.3) is 16.5 Å². The molecule has 0 bridgehead atoms. The fourth-order valence-corrected chi connectivity index (χ4v) is 5.89. The van der Waals surface area contributed by atoms with Crippen LogP contribution in [0.1, 0.15) is 57.5 Å². The largest absolute Gasteiger partial charge is 0.354 e. The lowest BCUT2D eigenvalue weighted by Crippen LogP contribution is -2.40. The molecule has 7 heteroatoms. The number of fused-ring (bicyclic) bond motifs is 1. The monoisotopic (exact) mass is 477 g/mol. The number of likely N-dealkylation sites (tertiary alicyclic amines) is 1. The highest BCUT2D eigenvalue weighted by atomic mass is 16.2. The molecule has 1 aliphatic rings. The van der Waals surface area contributed by atoms with Gasteiger partial charge >= 0.3 is 0 Å². The van der Waals surface area contributed by atoms with E-state index in [1.807, 2.05) is 55.7 Å². The van der Waals surface area contributed by atoms with Crippen molar-refractivity contribution in [3.63, 3.8) is 0 Å². The zero-order valence-electron chi connectivity index (χ0n) is 21.8. The van der Waals surface area contributed by atoms with Gasteiger partial charge in [-0.15, -0.1) is 0 Å². The minimum Gasteiger partial charge on any atom is -0.354 e. The smallest absolute Gasteiger partial charge is 0.281 e. The Morgan fingerprint density at radius 2 is 1.80 bits per heavy atom. The Bertz CT molecular complexity index is 1220. The summed E-state index contributed by atoms with van der Waals surface area (Å²) < 4.78 is 3.45. The standard InChI is InChI=1S/C28H39N5O2/c1-6-25(27(34)29-13-10-14-31-17-19(2)15-20(3)18-31)32-21(4)24-16-30-33(23-11-8-7-9-12-23)28(35)26(24)22(32)5/h7-9,11-12,16,19-20,25H,6,10,13-15,17-18H2,1-5H3,(H,29,34)/t19-,20-,25-/m1/s1. The van der Waals surface area contributed by atoms with Gasteiger partial charge < -0.3 is 14.8 Å². The van der Waals surface area contributed by atoms with Crippen LogP contribution in [0.3, 0.4) is 0 Å². The second-order valence-corrected chi connectivity index (χ2v) is 10.3. The molecule has 1 amide bonds. The Labute approximate surface area is 208 Å². The first-order valence-corrected chi connectivity index (χ1v) is 13.0. The third-order valence-electron chi connectivity index (χ3n) is 7.35. The summed E-state index contributed by atoms with van der Waals surface area (Å²) in [5.41, 5.74) is 2.29. The molecule has 1 saturated heterocycles. The van der Waals surface area contributed by atoms with E-state index in [2.05, 4.69) is 29.2 Å². The number of amides is 1. The number of aryl methyl sites for hydroxylation is 2. The van der Waals surface area contributed by atoms with Crippen molar-refractivity contribution >= 4 is 16.7 Å². The molecule has 2 aromatic heterocycles. The van der Waals surface area contributed by atoms with Crippen molar-refractivity contribution < 1.29 is 4.79 Å². The summed E-state index contributed by atoms with van der Waals surface area (Å²) in [5.74, 6) is 1.50. The number of aromatic nitrogens is 3. The molecule has 1 N–H and O–H groups in total. The Hall–Kier alpha value is -2.93. The van der Waals surface area contributed by atoms with E-state index in [1.165, 1.54) is 11.1 Å². The second-order valence-electron chi connectivity index (χ2n) is 10.3. The topological polar surface area (TPSA) is 72.2 Å². The number of nitrogens with one attached hydrogen (secondary N) is 1. The van der Waals surface area contributed by atoms with Crippen LogP contribution in [0.15, 0.2) is 41.3 Å². The predicted octanol–water partition coefficient (Wildman–Crippen LogP) is 4.24. The van der Waals surface area contributed by atoms with Crippen LogP contribution in [-0.2, 0) is 4.79 Å². The minimum atomic E-state index is -0.359. The molecule has 0 aliphatic carbocycles. The van der Waals surface area contributed by atoms with Gasteiger partial charge in [0.2, 0.25) is 5.91 Å². The van der Waals surface area contributed by atoms with Gasteiger partial charge in [0.05, 0.1) is 17.3 Å². The van der Waals surface area contributed by atoms with Gasteiger partial charge in [-0.05, 0) is 63.6 Å². The maximum atomic E-state index is 13.4. The number of rotatable bonds is 8. The lowest BCUT2D eigenvalue weighted by molar-refractivity contribution is -0.124. The fourth-order valence-electron chi connectivity index (χ4n) is 5.89. The second kappa shape index (κ2) is 10.8. The zero-order valence-corrected chi connectivity index (χ0v) is 21.8. The molecule has 0 spiro atoms. The van der Waals surface area contributed by atoms with Crippen molar-refractivity contribution in [1.29, 1.82) is 0 Å². The van der Waals surface area contributed by atoms with Crippen LogP contribution >= 0.6 is 0 Å². The predicted molar refractivity (Wildman–Crippen MR) is 141 cm³/mol. The summed E-state index contributed by atoms with van der Waals surface area (Å²) in [5, 5.41) is 9.01. The van der Waals surface area contributed by atoms with Crippen molar-refractivity contribution in [3.05, 3.63) is 58.3 Å². The van der Waals surface area contributed by atoms with Crippen molar-refractivity contribution in [2.45, 2.75) is 59.9 Å². The van der Waals surface area contributed by atoms with E-state index in [1.54, 1.807) is 6.20 Å². The number of nitrogens with zero attached hydrogens (tertiary/aromatic N) is 4.